The second-order valence-electron chi connectivity index (χ2n) is 5.77. The van der Waals surface area contributed by atoms with Gasteiger partial charge >= 0.3 is 5.97 Å². The zero-order chi connectivity index (χ0) is 18.1. The highest BCUT2D eigenvalue weighted by Crippen LogP contribution is 2.20. The van der Waals surface area contributed by atoms with Gasteiger partial charge in [0.1, 0.15) is 5.58 Å². The number of carbonyl (C=O) groups excluding carboxylic acids is 1. The van der Waals surface area contributed by atoms with Crippen molar-refractivity contribution in [3.8, 4) is 0 Å². The van der Waals surface area contributed by atoms with Crippen molar-refractivity contribution >= 4 is 28.5 Å². The first-order valence-corrected chi connectivity index (χ1v) is 7.55. The van der Waals surface area contributed by atoms with Crippen LogP contribution < -0.4 is 10.7 Å². The van der Waals surface area contributed by atoms with Crippen molar-refractivity contribution in [2.45, 2.75) is 13.8 Å². The van der Waals surface area contributed by atoms with Crippen LogP contribution in [-0.4, -0.2) is 17.0 Å². The van der Waals surface area contributed by atoms with Crippen LogP contribution in [0.5, 0.6) is 0 Å². The van der Waals surface area contributed by atoms with E-state index in [1.165, 1.54) is 24.3 Å². The van der Waals surface area contributed by atoms with Gasteiger partial charge in [-0.2, -0.15) is 0 Å². The summed E-state index contributed by atoms with van der Waals surface area (Å²) < 4.78 is 5.62. The molecule has 3 rings (SSSR count). The number of anilines is 1. The van der Waals surface area contributed by atoms with Gasteiger partial charge in [-0.3, -0.25) is 9.59 Å². The van der Waals surface area contributed by atoms with E-state index in [4.69, 9.17) is 9.52 Å². The van der Waals surface area contributed by atoms with Crippen molar-refractivity contribution in [2.24, 2.45) is 0 Å². The Kier molecular flexibility index (Phi) is 4.10. The van der Waals surface area contributed by atoms with E-state index in [2.05, 4.69) is 5.32 Å². The van der Waals surface area contributed by atoms with E-state index in [9.17, 15) is 14.4 Å². The van der Waals surface area contributed by atoms with Gasteiger partial charge in [-0.1, -0.05) is 6.07 Å². The van der Waals surface area contributed by atoms with E-state index in [1.54, 1.807) is 6.07 Å². The van der Waals surface area contributed by atoms with Crippen LogP contribution in [0.4, 0.5) is 5.69 Å². The van der Waals surface area contributed by atoms with Gasteiger partial charge < -0.3 is 14.8 Å². The minimum Gasteiger partial charge on any atom is -0.478 e. The topological polar surface area (TPSA) is 96.6 Å². The van der Waals surface area contributed by atoms with Crippen molar-refractivity contribution in [3.05, 3.63) is 75.1 Å². The number of nitrogens with one attached hydrogen (secondary N) is 1. The van der Waals surface area contributed by atoms with Gasteiger partial charge in [-0.15, -0.1) is 0 Å². The van der Waals surface area contributed by atoms with Crippen molar-refractivity contribution in [1.82, 2.24) is 0 Å². The first-order chi connectivity index (χ1) is 11.8. The molecule has 6 heteroatoms. The summed E-state index contributed by atoms with van der Waals surface area (Å²) in [5.41, 5.74) is 2.31. The molecule has 0 radical (unpaired) electrons. The number of hydrogen-bond donors (Lipinski definition) is 2. The van der Waals surface area contributed by atoms with Gasteiger partial charge in [0.15, 0.2) is 11.2 Å². The summed E-state index contributed by atoms with van der Waals surface area (Å²) in [6.45, 7) is 3.69. The predicted octanol–water partition coefficient (Wildman–Crippen LogP) is 3.36. The Balaban J connectivity index is 1.94. The summed E-state index contributed by atoms with van der Waals surface area (Å²) in [5.74, 6) is -1.74. The Morgan fingerprint density at radius 1 is 1.04 bits per heavy atom. The van der Waals surface area contributed by atoms with Crippen LogP contribution in [0, 0.1) is 13.8 Å². The van der Waals surface area contributed by atoms with Gasteiger partial charge in [0.05, 0.1) is 10.9 Å². The van der Waals surface area contributed by atoms with Crippen molar-refractivity contribution in [3.63, 3.8) is 0 Å². The first-order valence-electron chi connectivity index (χ1n) is 7.55. The summed E-state index contributed by atoms with van der Waals surface area (Å²) in [6.07, 6.45) is 0. The van der Waals surface area contributed by atoms with Crippen molar-refractivity contribution < 1.29 is 19.1 Å². The molecule has 126 valence electrons. The highest BCUT2D eigenvalue weighted by atomic mass is 16.4. The molecule has 3 aromatic rings. The van der Waals surface area contributed by atoms with Crippen LogP contribution >= 0.6 is 0 Å². The predicted molar refractivity (Wildman–Crippen MR) is 93.3 cm³/mol. The summed E-state index contributed by atoms with van der Waals surface area (Å²) in [6, 6.07) is 10.4. The number of rotatable bonds is 3. The number of aromatic carboxylic acids is 1. The minimum atomic E-state index is -1.05. The second-order valence-corrected chi connectivity index (χ2v) is 5.77. The van der Waals surface area contributed by atoms with Crippen molar-refractivity contribution in [2.75, 3.05) is 5.32 Å². The lowest BCUT2D eigenvalue weighted by Gasteiger charge is -2.07. The smallest absolute Gasteiger partial charge is 0.335 e. The van der Waals surface area contributed by atoms with E-state index < -0.39 is 11.9 Å². The number of aryl methyl sites for hydroxylation is 2. The summed E-state index contributed by atoms with van der Waals surface area (Å²) in [5, 5.41) is 11.9. The largest absolute Gasteiger partial charge is 0.478 e. The van der Waals surface area contributed by atoms with Gasteiger partial charge in [-0.05, 0) is 55.3 Å². The normalized spacial score (nSPS) is 10.6. The fourth-order valence-electron chi connectivity index (χ4n) is 2.61. The molecule has 1 amide bonds. The molecule has 0 saturated heterocycles. The minimum absolute atomic E-state index is 0.105. The van der Waals surface area contributed by atoms with E-state index in [0.29, 0.717) is 16.7 Å². The highest BCUT2D eigenvalue weighted by Gasteiger charge is 2.14. The molecular weight excluding hydrogens is 322 g/mol. The number of carboxylic acids is 1. The Bertz CT molecular complexity index is 1050. The molecule has 0 bridgehead atoms. The highest BCUT2D eigenvalue weighted by molar-refractivity contribution is 6.03. The average molecular weight is 337 g/mol. The molecule has 1 heterocycles. The monoisotopic (exact) mass is 337 g/mol. The quantitative estimate of drug-likeness (QED) is 0.764. The Hall–Kier alpha value is -3.41. The van der Waals surface area contributed by atoms with Crippen LogP contribution in [0.3, 0.4) is 0 Å². The maximum absolute atomic E-state index is 12.3. The fourth-order valence-corrected chi connectivity index (χ4v) is 2.61. The summed E-state index contributed by atoms with van der Waals surface area (Å²) >= 11 is 0. The number of carboxylic acid groups (broad SMARTS) is 1. The molecule has 0 fully saturated rings. The molecule has 0 aliphatic heterocycles. The first kappa shape index (κ1) is 16.4. The zero-order valence-corrected chi connectivity index (χ0v) is 13.6. The molecule has 0 spiro atoms. The molecule has 0 aliphatic carbocycles. The van der Waals surface area contributed by atoms with Crippen molar-refractivity contribution in [1.29, 1.82) is 0 Å². The average Bonchev–Trinajstić information content (AvgIpc) is 2.56. The SMILES string of the molecule is Cc1cc(C)c2oc(C(=O)Nc3ccc(C(=O)O)cc3)cc(=O)c2c1. The third kappa shape index (κ3) is 3.28. The molecule has 25 heavy (non-hydrogen) atoms. The van der Waals surface area contributed by atoms with Crippen LogP contribution in [0.1, 0.15) is 32.0 Å². The molecule has 2 aromatic carbocycles. The number of carbonyl (C=O) groups is 2. The Morgan fingerprint density at radius 2 is 1.72 bits per heavy atom. The molecule has 0 atom stereocenters. The Labute approximate surface area is 142 Å². The standard InChI is InChI=1S/C19H15NO5/c1-10-7-11(2)17-14(8-10)15(21)9-16(25-17)18(22)20-13-5-3-12(4-6-13)19(23)24/h3-9H,1-2H3,(H,20,22)(H,23,24). The number of benzene rings is 2. The van der Waals surface area contributed by atoms with E-state index >= 15 is 0 Å². The summed E-state index contributed by atoms with van der Waals surface area (Å²) in [7, 11) is 0. The molecule has 1 aromatic heterocycles. The molecule has 0 aliphatic rings. The zero-order valence-electron chi connectivity index (χ0n) is 13.6. The maximum atomic E-state index is 12.3. The second kappa shape index (κ2) is 6.24. The van der Waals surface area contributed by atoms with Gasteiger partial charge in [0.25, 0.3) is 5.91 Å². The lowest BCUT2D eigenvalue weighted by atomic mass is 10.1. The number of amides is 1. The lowest BCUT2D eigenvalue weighted by molar-refractivity contribution is 0.0696. The number of hydrogen-bond acceptors (Lipinski definition) is 4. The van der Waals surface area contributed by atoms with Gasteiger partial charge in [0.2, 0.25) is 0 Å². The summed E-state index contributed by atoms with van der Waals surface area (Å²) in [4.78, 5) is 35.5. The van der Waals surface area contributed by atoms with Crippen LogP contribution in [0.15, 0.2) is 51.7 Å². The molecule has 0 unspecified atom stereocenters. The fraction of sp³-hybridized carbons (Fsp3) is 0.105. The third-order valence-electron chi connectivity index (χ3n) is 3.77. The van der Waals surface area contributed by atoms with Crippen LogP contribution in [-0.2, 0) is 0 Å². The molecule has 0 saturated carbocycles. The van der Waals surface area contributed by atoms with E-state index in [-0.39, 0.29) is 16.8 Å². The van der Waals surface area contributed by atoms with E-state index in [0.717, 1.165) is 17.2 Å². The number of fused-ring (bicyclic) bond motifs is 1. The maximum Gasteiger partial charge on any atom is 0.335 e. The van der Waals surface area contributed by atoms with Crippen LogP contribution in [0.25, 0.3) is 11.0 Å². The third-order valence-corrected chi connectivity index (χ3v) is 3.77. The molecular formula is C19H15NO5. The molecule has 2 N–H and O–H groups in total. The molecule has 6 nitrogen and oxygen atoms in total. The lowest BCUT2D eigenvalue weighted by Crippen LogP contribution is -2.15. The Morgan fingerprint density at radius 3 is 2.36 bits per heavy atom. The van der Waals surface area contributed by atoms with Crippen LogP contribution in [0.2, 0.25) is 0 Å². The van der Waals surface area contributed by atoms with Gasteiger partial charge in [-0.25, -0.2) is 4.79 Å². The van der Waals surface area contributed by atoms with E-state index in [1.807, 2.05) is 19.9 Å². The van der Waals surface area contributed by atoms with Gasteiger partial charge in [0, 0.05) is 11.8 Å².